The number of piperidine rings is 1. The fourth-order valence-corrected chi connectivity index (χ4v) is 2.81. The molecule has 0 amide bonds. The molecule has 1 aliphatic rings. The molecule has 1 N–H and O–H groups in total. The van der Waals surface area contributed by atoms with Gasteiger partial charge < -0.3 is 9.84 Å². The van der Waals surface area contributed by atoms with Gasteiger partial charge in [-0.1, -0.05) is 25.9 Å². The molecule has 2 heterocycles. The van der Waals surface area contributed by atoms with Gasteiger partial charge in [-0.15, -0.1) is 0 Å². The standard InChI is InChI=1S/C15H27N3O/c1-4-7-16-10-13-9-14(19-17-13)11-18-8-5-6-15(2,3)12-18/h9,16H,4-8,10-12H2,1-3H3. The molecular weight excluding hydrogens is 238 g/mol. The normalized spacial score (nSPS) is 19.7. The van der Waals surface area contributed by atoms with Gasteiger partial charge in [0, 0.05) is 19.2 Å². The van der Waals surface area contributed by atoms with Crippen molar-refractivity contribution in [2.75, 3.05) is 19.6 Å². The van der Waals surface area contributed by atoms with E-state index in [1.807, 2.05) is 0 Å². The molecule has 1 aliphatic heterocycles. The fourth-order valence-electron chi connectivity index (χ4n) is 2.81. The highest BCUT2D eigenvalue weighted by Gasteiger charge is 2.26. The Labute approximate surface area is 116 Å². The summed E-state index contributed by atoms with van der Waals surface area (Å²) in [5, 5.41) is 7.47. The minimum Gasteiger partial charge on any atom is -0.360 e. The second kappa shape index (κ2) is 6.53. The lowest BCUT2D eigenvalue weighted by Crippen LogP contribution is -2.39. The van der Waals surface area contributed by atoms with Gasteiger partial charge in [0.05, 0.1) is 12.2 Å². The third-order valence-electron chi connectivity index (χ3n) is 3.70. The van der Waals surface area contributed by atoms with Crippen LogP contribution in [0.4, 0.5) is 0 Å². The number of nitrogens with zero attached hydrogens (tertiary/aromatic N) is 2. The van der Waals surface area contributed by atoms with Gasteiger partial charge in [0.15, 0.2) is 5.76 Å². The minimum atomic E-state index is 0.434. The quantitative estimate of drug-likeness (QED) is 0.803. The van der Waals surface area contributed by atoms with Gasteiger partial charge >= 0.3 is 0 Å². The molecule has 0 aromatic carbocycles. The zero-order valence-electron chi connectivity index (χ0n) is 12.5. The molecule has 0 atom stereocenters. The lowest BCUT2D eigenvalue weighted by atomic mass is 9.84. The van der Waals surface area contributed by atoms with Crippen LogP contribution in [0.5, 0.6) is 0 Å². The largest absolute Gasteiger partial charge is 0.360 e. The number of aromatic nitrogens is 1. The maximum atomic E-state index is 5.43. The highest BCUT2D eigenvalue weighted by atomic mass is 16.5. The Morgan fingerprint density at radius 2 is 2.32 bits per heavy atom. The highest BCUT2D eigenvalue weighted by molar-refractivity contribution is 5.05. The first kappa shape index (κ1) is 14.5. The van der Waals surface area contributed by atoms with E-state index in [2.05, 4.69) is 42.2 Å². The van der Waals surface area contributed by atoms with E-state index in [1.54, 1.807) is 0 Å². The van der Waals surface area contributed by atoms with Crippen LogP contribution in [0.15, 0.2) is 10.6 Å². The molecule has 0 aliphatic carbocycles. The molecular formula is C15H27N3O. The summed E-state index contributed by atoms with van der Waals surface area (Å²) in [6.07, 6.45) is 3.76. The van der Waals surface area contributed by atoms with Crippen LogP contribution < -0.4 is 5.32 Å². The van der Waals surface area contributed by atoms with Crippen LogP contribution in [-0.2, 0) is 13.1 Å². The lowest BCUT2D eigenvalue weighted by molar-refractivity contribution is 0.102. The van der Waals surface area contributed by atoms with Crippen LogP contribution in [0.2, 0.25) is 0 Å². The molecule has 0 saturated carbocycles. The molecule has 2 rings (SSSR count). The number of nitrogens with one attached hydrogen (secondary N) is 1. The van der Waals surface area contributed by atoms with Crippen LogP contribution in [-0.4, -0.2) is 29.7 Å². The van der Waals surface area contributed by atoms with Crippen molar-refractivity contribution in [2.24, 2.45) is 5.41 Å². The summed E-state index contributed by atoms with van der Waals surface area (Å²) in [4.78, 5) is 2.48. The predicted octanol–water partition coefficient (Wildman–Crippen LogP) is 2.80. The first-order chi connectivity index (χ1) is 9.09. The summed E-state index contributed by atoms with van der Waals surface area (Å²) in [6.45, 7) is 11.9. The van der Waals surface area contributed by atoms with E-state index < -0.39 is 0 Å². The Balaban J connectivity index is 1.82. The van der Waals surface area contributed by atoms with Crippen LogP contribution in [0.1, 0.15) is 51.5 Å². The van der Waals surface area contributed by atoms with Crippen LogP contribution >= 0.6 is 0 Å². The van der Waals surface area contributed by atoms with Crippen molar-refractivity contribution in [3.8, 4) is 0 Å². The third kappa shape index (κ3) is 4.62. The third-order valence-corrected chi connectivity index (χ3v) is 3.70. The van der Waals surface area contributed by atoms with Crippen molar-refractivity contribution in [2.45, 2.75) is 53.1 Å². The monoisotopic (exact) mass is 265 g/mol. The molecule has 1 aromatic heterocycles. The predicted molar refractivity (Wildman–Crippen MR) is 76.8 cm³/mol. The molecule has 1 saturated heterocycles. The summed E-state index contributed by atoms with van der Waals surface area (Å²) >= 11 is 0. The van der Waals surface area contributed by atoms with Gasteiger partial charge in [-0.05, 0) is 37.8 Å². The Bertz CT molecular complexity index is 386. The van der Waals surface area contributed by atoms with Gasteiger partial charge in [-0.25, -0.2) is 0 Å². The first-order valence-corrected chi connectivity index (χ1v) is 7.46. The van der Waals surface area contributed by atoms with Crippen molar-refractivity contribution in [1.82, 2.24) is 15.4 Å². The van der Waals surface area contributed by atoms with Crippen LogP contribution in [0, 0.1) is 5.41 Å². The second-order valence-electron chi connectivity index (χ2n) is 6.44. The molecule has 0 radical (unpaired) electrons. The van der Waals surface area contributed by atoms with E-state index in [0.29, 0.717) is 5.41 Å². The Kier molecular flexibility index (Phi) is 4.99. The summed E-state index contributed by atoms with van der Waals surface area (Å²) in [6, 6.07) is 2.09. The topological polar surface area (TPSA) is 41.3 Å². The minimum absolute atomic E-state index is 0.434. The van der Waals surface area contributed by atoms with E-state index in [9.17, 15) is 0 Å². The highest BCUT2D eigenvalue weighted by Crippen LogP contribution is 2.29. The maximum Gasteiger partial charge on any atom is 0.151 e. The Hall–Kier alpha value is -0.870. The lowest BCUT2D eigenvalue weighted by Gasteiger charge is -2.37. The van der Waals surface area contributed by atoms with Gasteiger partial charge in [0.1, 0.15) is 0 Å². The Morgan fingerprint density at radius 3 is 3.05 bits per heavy atom. The van der Waals surface area contributed by atoms with Crippen molar-refractivity contribution >= 4 is 0 Å². The van der Waals surface area contributed by atoms with E-state index >= 15 is 0 Å². The maximum absolute atomic E-state index is 5.43. The Morgan fingerprint density at radius 1 is 1.47 bits per heavy atom. The first-order valence-electron chi connectivity index (χ1n) is 7.46. The molecule has 19 heavy (non-hydrogen) atoms. The number of hydrogen-bond donors (Lipinski definition) is 1. The molecule has 0 bridgehead atoms. The SMILES string of the molecule is CCCNCc1cc(CN2CCCC(C)(C)C2)on1. The molecule has 1 fully saturated rings. The van der Waals surface area contributed by atoms with E-state index in [-0.39, 0.29) is 0 Å². The fraction of sp³-hybridized carbons (Fsp3) is 0.800. The van der Waals surface area contributed by atoms with Crippen molar-refractivity contribution in [3.05, 3.63) is 17.5 Å². The van der Waals surface area contributed by atoms with Crippen molar-refractivity contribution < 1.29 is 4.52 Å². The second-order valence-corrected chi connectivity index (χ2v) is 6.44. The van der Waals surface area contributed by atoms with Gasteiger partial charge in [-0.2, -0.15) is 0 Å². The van der Waals surface area contributed by atoms with E-state index in [4.69, 9.17) is 4.52 Å². The van der Waals surface area contributed by atoms with Gasteiger partial charge in [-0.3, -0.25) is 4.90 Å². The summed E-state index contributed by atoms with van der Waals surface area (Å²) in [5.41, 5.74) is 1.45. The molecule has 4 nitrogen and oxygen atoms in total. The van der Waals surface area contributed by atoms with E-state index in [1.165, 1.54) is 19.4 Å². The summed E-state index contributed by atoms with van der Waals surface area (Å²) in [5.74, 6) is 0.992. The van der Waals surface area contributed by atoms with Crippen LogP contribution in [0.3, 0.4) is 0 Å². The van der Waals surface area contributed by atoms with Crippen molar-refractivity contribution in [1.29, 1.82) is 0 Å². The number of likely N-dealkylation sites (tertiary alicyclic amines) is 1. The molecule has 108 valence electrons. The molecule has 4 heteroatoms. The molecule has 0 unspecified atom stereocenters. The molecule has 0 spiro atoms. The van der Waals surface area contributed by atoms with E-state index in [0.717, 1.165) is 44.1 Å². The number of hydrogen-bond acceptors (Lipinski definition) is 4. The zero-order chi connectivity index (χ0) is 13.7. The van der Waals surface area contributed by atoms with Gasteiger partial charge in [0.2, 0.25) is 0 Å². The smallest absolute Gasteiger partial charge is 0.151 e. The zero-order valence-corrected chi connectivity index (χ0v) is 12.5. The van der Waals surface area contributed by atoms with Crippen molar-refractivity contribution in [3.63, 3.8) is 0 Å². The van der Waals surface area contributed by atoms with Gasteiger partial charge in [0.25, 0.3) is 0 Å². The average Bonchev–Trinajstić information content (AvgIpc) is 2.76. The number of rotatable bonds is 6. The summed E-state index contributed by atoms with van der Waals surface area (Å²) < 4.78 is 5.43. The van der Waals surface area contributed by atoms with Crippen LogP contribution in [0.25, 0.3) is 0 Å². The average molecular weight is 265 g/mol. The molecule has 1 aromatic rings. The summed E-state index contributed by atoms with van der Waals surface area (Å²) in [7, 11) is 0.